The molecular formula is C20H25N5O. The zero-order chi connectivity index (χ0) is 18.4. The number of nitrogens with one attached hydrogen (secondary N) is 2. The smallest absolute Gasteiger partial charge is 0.178 e. The largest absolute Gasteiger partial charge is 0.492 e. The van der Waals surface area contributed by atoms with Gasteiger partial charge in [-0.1, -0.05) is 19.9 Å². The first-order valence-corrected chi connectivity index (χ1v) is 9.23. The fourth-order valence-corrected chi connectivity index (χ4v) is 3.15. The van der Waals surface area contributed by atoms with Gasteiger partial charge in [0.05, 0.1) is 18.0 Å². The molecule has 0 aromatic carbocycles. The molecule has 1 aliphatic heterocycles. The van der Waals surface area contributed by atoms with E-state index in [0.717, 1.165) is 66.2 Å². The van der Waals surface area contributed by atoms with Crippen LogP contribution in [0.2, 0.25) is 0 Å². The van der Waals surface area contributed by atoms with Crippen LogP contribution in [0.15, 0.2) is 30.2 Å². The number of imidazole rings is 1. The Morgan fingerprint density at radius 2 is 2.31 bits per heavy atom. The second-order valence-electron chi connectivity index (χ2n) is 6.34. The highest BCUT2D eigenvalue weighted by Gasteiger charge is 2.17. The number of fused-ring (bicyclic) bond motifs is 1. The Kier molecular flexibility index (Phi) is 6.03. The summed E-state index contributed by atoms with van der Waals surface area (Å²) in [6.45, 7) is 6.00. The summed E-state index contributed by atoms with van der Waals surface area (Å²) in [7, 11) is 0. The van der Waals surface area contributed by atoms with Gasteiger partial charge in [-0.05, 0) is 37.1 Å². The molecule has 1 atom stereocenters. The van der Waals surface area contributed by atoms with Crippen LogP contribution in [-0.4, -0.2) is 34.1 Å². The van der Waals surface area contributed by atoms with Gasteiger partial charge in [-0.25, -0.2) is 9.97 Å². The van der Waals surface area contributed by atoms with Gasteiger partial charge in [0.25, 0.3) is 0 Å². The molecule has 2 aromatic rings. The minimum Gasteiger partial charge on any atom is -0.492 e. The van der Waals surface area contributed by atoms with Gasteiger partial charge in [-0.3, -0.25) is 0 Å². The Morgan fingerprint density at radius 3 is 3.00 bits per heavy atom. The average Bonchev–Trinajstić information content (AvgIpc) is 3.31. The number of ether oxygens (including phenoxy) is 1. The number of allylic oxidation sites excluding steroid dienone is 4. The van der Waals surface area contributed by atoms with Crippen molar-refractivity contribution in [1.82, 2.24) is 20.3 Å². The van der Waals surface area contributed by atoms with Crippen LogP contribution >= 0.6 is 0 Å². The van der Waals surface area contributed by atoms with Crippen molar-refractivity contribution in [1.29, 1.82) is 5.26 Å². The molecule has 1 unspecified atom stereocenters. The lowest BCUT2D eigenvalue weighted by Crippen LogP contribution is -2.16. The molecule has 1 fully saturated rings. The molecular weight excluding hydrogens is 326 g/mol. The molecule has 3 rings (SSSR count). The van der Waals surface area contributed by atoms with Gasteiger partial charge < -0.3 is 15.0 Å². The van der Waals surface area contributed by atoms with Crippen LogP contribution in [0, 0.1) is 11.3 Å². The third kappa shape index (κ3) is 4.12. The first kappa shape index (κ1) is 18.2. The average molecular weight is 351 g/mol. The molecule has 1 aliphatic rings. The first-order chi connectivity index (χ1) is 12.7. The predicted molar refractivity (Wildman–Crippen MR) is 102 cm³/mol. The van der Waals surface area contributed by atoms with Crippen molar-refractivity contribution >= 4 is 16.7 Å². The van der Waals surface area contributed by atoms with E-state index in [-0.39, 0.29) is 12.5 Å². The van der Waals surface area contributed by atoms with Crippen LogP contribution in [0.5, 0.6) is 0 Å². The summed E-state index contributed by atoms with van der Waals surface area (Å²) in [6, 6.07) is 4.20. The van der Waals surface area contributed by atoms with Gasteiger partial charge in [0.1, 0.15) is 17.7 Å². The SMILES string of the molecule is CC/C(=C\C=C(/CC#N)OC1CCNC1)c1ccnc2nc(CC)[nH]c12. The maximum Gasteiger partial charge on any atom is 0.178 e. The Labute approximate surface area is 154 Å². The molecule has 3 heterocycles. The summed E-state index contributed by atoms with van der Waals surface area (Å²) in [4.78, 5) is 12.3. The normalized spacial score (nSPS) is 18.3. The highest BCUT2D eigenvalue weighted by molar-refractivity contribution is 5.87. The van der Waals surface area contributed by atoms with Crippen LogP contribution in [0.1, 0.15) is 44.5 Å². The molecule has 26 heavy (non-hydrogen) atoms. The molecule has 0 saturated carbocycles. The Balaban J connectivity index is 1.91. The summed E-state index contributed by atoms with van der Waals surface area (Å²) in [5.74, 6) is 1.66. The van der Waals surface area contributed by atoms with Crippen molar-refractivity contribution < 1.29 is 4.74 Å². The number of hydrogen-bond donors (Lipinski definition) is 2. The zero-order valence-electron chi connectivity index (χ0n) is 15.4. The number of H-pyrrole nitrogens is 1. The van der Waals surface area contributed by atoms with Crippen LogP contribution in [0.3, 0.4) is 0 Å². The molecule has 2 N–H and O–H groups in total. The van der Waals surface area contributed by atoms with Crippen molar-refractivity contribution in [2.75, 3.05) is 13.1 Å². The van der Waals surface area contributed by atoms with Gasteiger partial charge in [-0.2, -0.15) is 5.26 Å². The maximum atomic E-state index is 9.09. The van der Waals surface area contributed by atoms with E-state index >= 15 is 0 Å². The minimum absolute atomic E-state index is 0.153. The number of pyridine rings is 1. The summed E-state index contributed by atoms with van der Waals surface area (Å²) in [5.41, 5.74) is 3.97. The molecule has 0 aliphatic carbocycles. The van der Waals surface area contributed by atoms with Crippen molar-refractivity contribution in [3.05, 3.63) is 41.6 Å². The van der Waals surface area contributed by atoms with Crippen LogP contribution in [-0.2, 0) is 11.2 Å². The first-order valence-electron chi connectivity index (χ1n) is 9.23. The number of hydrogen-bond acceptors (Lipinski definition) is 5. The van der Waals surface area contributed by atoms with E-state index in [1.54, 1.807) is 6.20 Å². The fourth-order valence-electron chi connectivity index (χ4n) is 3.15. The van der Waals surface area contributed by atoms with Gasteiger partial charge in [0.15, 0.2) is 5.65 Å². The lowest BCUT2D eigenvalue weighted by Gasteiger charge is -2.13. The molecule has 0 amide bonds. The van der Waals surface area contributed by atoms with E-state index in [1.807, 2.05) is 12.1 Å². The van der Waals surface area contributed by atoms with Gasteiger partial charge in [0.2, 0.25) is 0 Å². The molecule has 0 spiro atoms. The minimum atomic E-state index is 0.153. The quantitative estimate of drug-likeness (QED) is 0.589. The maximum absolute atomic E-state index is 9.09. The standard InChI is InChI=1S/C20H25N5O/c1-3-14(5-6-15(7-10-21)26-16-8-11-22-13-16)17-9-12-23-20-19(17)24-18(4-2)25-20/h5-6,9,12,16,22H,3-4,7-8,11,13H2,1-2H3,(H,23,24,25)/b14-5+,15-6+. The summed E-state index contributed by atoms with van der Waals surface area (Å²) in [5, 5.41) is 12.4. The van der Waals surface area contributed by atoms with Crippen LogP contribution in [0.25, 0.3) is 16.7 Å². The third-order valence-corrected chi connectivity index (χ3v) is 4.56. The monoisotopic (exact) mass is 351 g/mol. The number of aromatic amines is 1. The second-order valence-corrected chi connectivity index (χ2v) is 6.34. The van der Waals surface area contributed by atoms with Gasteiger partial charge >= 0.3 is 0 Å². The van der Waals surface area contributed by atoms with Crippen LogP contribution in [0.4, 0.5) is 0 Å². The summed E-state index contributed by atoms with van der Waals surface area (Å²) < 4.78 is 5.99. The molecule has 6 nitrogen and oxygen atoms in total. The number of nitriles is 1. The van der Waals surface area contributed by atoms with Gasteiger partial charge in [0, 0.05) is 24.7 Å². The van der Waals surface area contributed by atoms with E-state index in [9.17, 15) is 0 Å². The van der Waals surface area contributed by atoms with Crippen molar-refractivity contribution in [2.24, 2.45) is 0 Å². The van der Waals surface area contributed by atoms with Crippen LogP contribution < -0.4 is 5.32 Å². The predicted octanol–water partition coefficient (Wildman–Crippen LogP) is 3.49. The number of nitrogens with zero attached hydrogens (tertiary/aromatic N) is 3. The molecule has 0 bridgehead atoms. The van der Waals surface area contributed by atoms with E-state index in [1.165, 1.54) is 0 Å². The lowest BCUT2D eigenvalue weighted by molar-refractivity contribution is 0.130. The summed E-state index contributed by atoms with van der Waals surface area (Å²) in [6.07, 6.45) is 8.89. The van der Waals surface area contributed by atoms with E-state index in [0.29, 0.717) is 0 Å². The number of aryl methyl sites for hydroxylation is 1. The highest BCUT2D eigenvalue weighted by atomic mass is 16.5. The molecule has 2 aromatic heterocycles. The van der Waals surface area contributed by atoms with E-state index in [2.05, 4.69) is 46.3 Å². The van der Waals surface area contributed by atoms with E-state index < -0.39 is 0 Å². The fraction of sp³-hybridized carbons (Fsp3) is 0.450. The number of rotatable bonds is 7. The number of aromatic nitrogens is 3. The highest BCUT2D eigenvalue weighted by Crippen LogP contribution is 2.25. The summed E-state index contributed by atoms with van der Waals surface area (Å²) >= 11 is 0. The lowest BCUT2D eigenvalue weighted by atomic mass is 10.0. The van der Waals surface area contributed by atoms with Gasteiger partial charge in [-0.15, -0.1) is 0 Å². The second kappa shape index (κ2) is 8.63. The Hall–Kier alpha value is -2.65. The third-order valence-electron chi connectivity index (χ3n) is 4.56. The Morgan fingerprint density at radius 1 is 1.42 bits per heavy atom. The van der Waals surface area contributed by atoms with Crippen molar-refractivity contribution in [3.8, 4) is 6.07 Å². The van der Waals surface area contributed by atoms with E-state index in [4.69, 9.17) is 10.00 Å². The molecule has 136 valence electrons. The molecule has 6 heteroatoms. The Bertz CT molecular complexity index is 853. The van der Waals surface area contributed by atoms with Crippen molar-refractivity contribution in [3.63, 3.8) is 0 Å². The molecule has 0 radical (unpaired) electrons. The topological polar surface area (TPSA) is 86.6 Å². The van der Waals surface area contributed by atoms with Crippen molar-refractivity contribution in [2.45, 2.75) is 45.6 Å². The zero-order valence-corrected chi connectivity index (χ0v) is 15.4. The molecule has 1 saturated heterocycles.